The van der Waals surface area contributed by atoms with Gasteiger partial charge < -0.3 is 9.47 Å². The number of allylic oxidation sites excluding steroid dienone is 1. The van der Waals surface area contributed by atoms with Gasteiger partial charge in [0.05, 0.1) is 36.0 Å². The zero-order chi connectivity index (χ0) is 27.9. The summed E-state index contributed by atoms with van der Waals surface area (Å²) in [6.07, 6.45) is 0. The number of nitrogens with zero attached hydrogens (tertiary/aromatic N) is 3. The molecular weight excluding hydrogens is 518 g/mol. The quantitative estimate of drug-likeness (QED) is 0.196. The van der Waals surface area contributed by atoms with Crippen LogP contribution in [0.1, 0.15) is 41.4 Å². The highest BCUT2D eigenvalue weighted by Gasteiger charge is 2.41. The number of aliphatic imine (C=N–C) groups is 1. The summed E-state index contributed by atoms with van der Waals surface area (Å²) in [5, 5.41) is 12.0. The van der Waals surface area contributed by atoms with Crippen LogP contribution < -0.4 is 4.74 Å². The number of thioether (sulfide) groups is 1. The predicted molar refractivity (Wildman–Crippen MR) is 150 cm³/mol. The van der Waals surface area contributed by atoms with Crippen LogP contribution in [0.4, 0.5) is 5.69 Å². The first-order chi connectivity index (χ1) is 18.8. The number of hydrogen-bond donors (Lipinski definition) is 0. The molecule has 39 heavy (non-hydrogen) atoms. The molecule has 0 radical (unpaired) electrons. The van der Waals surface area contributed by atoms with E-state index in [1.165, 1.54) is 34.9 Å². The number of nitro groups is 1. The number of carbonyl (C=O) groups excluding carboxylic acids is 2. The molecule has 0 aromatic heterocycles. The van der Waals surface area contributed by atoms with Gasteiger partial charge in [0.15, 0.2) is 5.17 Å². The lowest BCUT2D eigenvalue weighted by Crippen LogP contribution is -2.43. The third-order valence-electron chi connectivity index (χ3n) is 6.05. The fraction of sp³-hybridized carbons (Fsp3) is 0.207. The maximum atomic E-state index is 14.0. The van der Waals surface area contributed by atoms with Crippen LogP contribution in [-0.2, 0) is 15.3 Å². The number of ether oxygens (including phenoxy) is 2. The molecule has 0 aliphatic carbocycles. The predicted octanol–water partition coefficient (Wildman–Crippen LogP) is 5.93. The number of carbonyl (C=O) groups is 2. The van der Waals surface area contributed by atoms with Crippen molar-refractivity contribution in [3.63, 3.8) is 0 Å². The van der Waals surface area contributed by atoms with Crippen molar-refractivity contribution in [3.8, 4) is 5.75 Å². The van der Waals surface area contributed by atoms with Crippen molar-refractivity contribution < 1.29 is 24.0 Å². The fourth-order valence-corrected chi connectivity index (χ4v) is 5.20. The number of hydrogen-bond acceptors (Lipinski definition) is 8. The van der Waals surface area contributed by atoms with E-state index in [4.69, 9.17) is 9.47 Å². The van der Waals surface area contributed by atoms with E-state index in [2.05, 4.69) is 4.99 Å². The van der Waals surface area contributed by atoms with Gasteiger partial charge in [-0.25, -0.2) is 9.79 Å². The largest absolute Gasteiger partial charge is 0.497 e. The van der Waals surface area contributed by atoms with Crippen molar-refractivity contribution in [2.24, 2.45) is 4.99 Å². The van der Waals surface area contributed by atoms with Crippen LogP contribution in [-0.4, -0.2) is 40.6 Å². The van der Waals surface area contributed by atoms with Gasteiger partial charge in [0.2, 0.25) is 0 Å². The Bertz CT molecular complexity index is 1440. The van der Waals surface area contributed by atoms with Crippen molar-refractivity contribution in [2.75, 3.05) is 13.7 Å². The summed E-state index contributed by atoms with van der Waals surface area (Å²) in [6.45, 7) is 3.48. The zero-order valence-corrected chi connectivity index (χ0v) is 22.5. The maximum absolute atomic E-state index is 14.0. The minimum atomic E-state index is -0.993. The highest BCUT2D eigenvalue weighted by atomic mass is 32.2. The number of esters is 1. The number of rotatable bonds is 8. The third-order valence-corrected chi connectivity index (χ3v) is 7.07. The van der Waals surface area contributed by atoms with E-state index < -0.39 is 22.8 Å². The van der Waals surface area contributed by atoms with Crippen LogP contribution in [0.2, 0.25) is 0 Å². The van der Waals surface area contributed by atoms with Gasteiger partial charge in [0.25, 0.3) is 11.6 Å². The summed E-state index contributed by atoms with van der Waals surface area (Å²) in [5.41, 5.74) is 2.12. The molecule has 3 aromatic rings. The molecule has 0 bridgehead atoms. The summed E-state index contributed by atoms with van der Waals surface area (Å²) >= 11 is 1.33. The lowest BCUT2D eigenvalue weighted by molar-refractivity contribution is -0.384. The van der Waals surface area contributed by atoms with Crippen LogP contribution in [0.25, 0.3) is 0 Å². The lowest BCUT2D eigenvalue weighted by atomic mass is 9.93. The number of methoxy groups -OCH3 is 1. The van der Waals surface area contributed by atoms with Crippen molar-refractivity contribution in [1.82, 2.24) is 4.90 Å². The molecule has 1 unspecified atom stereocenters. The van der Waals surface area contributed by atoms with Gasteiger partial charge in [0, 0.05) is 23.4 Å². The van der Waals surface area contributed by atoms with Crippen LogP contribution in [0.15, 0.2) is 95.1 Å². The summed E-state index contributed by atoms with van der Waals surface area (Å²) in [7, 11) is 1.60. The SMILES string of the molecule is CCOC(=O)C1=C(C)N=C(SCc2ccc(OC)cc2)N(C(=O)c2ccccc2)C1c1cccc([N+](=O)[O-])c1. The molecule has 10 heteroatoms. The van der Waals surface area contributed by atoms with Crippen LogP contribution in [0.3, 0.4) is 0 Å². The number of benzene rings is 3. The Morgan fingerprint density at radius 2 is 1.77 bits per heavy atom. The number of amidine groups is 1. The molecule has 200 valence electrons. The Hall–Kier alpha value is -4.44. The van der Waals surface area contributed by atoms with E-state index >= 15 is 0 Å². The smallest absolute Gasteiger partial charge is 0.338 e. The highest BCUT2D eigenvalue weighted by Crippen LogP contribution is 2.40. The molecule has 0 N–H and O–H groups in total. The topological polar surface area (TPSA) is 111 Å². The van der Waals surface area contributed by atoms with Crippen LogP contribution in [0, 0.1) is 10.1 Å². The zero-order valence-electron chi connectivity index (χ0n) is 21.7. The summed E-state index contributed by atoms with van der Waals surface area (Å²) < 4.78 is 10.6. The van der Waals surface area contributed by atoms with Gasteiger partial charge in [0.1, 0.15) is 5.75 Å². The van der Waals surface area contributed by atoms with Gasteiger partial charge in [-0.1, -0.05) is 54.2 Å². The summed E-state index contributed by atoms with van der Waals surface area (Å²) in [4.78, 5) is 44.5. The normalized spacial score (nSPS) is 15.0. The Balaban J connectivity index is 1.85. The molecule has 0 fully saturated rings. The first kappa shape index (κ1) is 27.6. The maximum Gasteiger partial charge on any atom is 0.338 e. The molecule has 0 saturated carbocycles. The first-order valence-corrected chi connectivity index (χ1v) is 13.2. The molecule has 1 aliphatic heterocycles. The molecule has 9 nitrogen and oxygen atoms in total. The van der Waals surface area contributed by atoms with E-state index in [1.807, 2.05) is 24.3 Å². The Labute approximate surface area is 230 Å². The average molecular weight is 546 g/mol. The summed E-state index contributed by atoms with van der Waals surface area (Å²) in [5.74, 6) is 0.163. The second kappa shape index (κ2) is 12.4. The van der Waals surface area contributed by atoms with Crippen molar-refractivity contribution in [3.05, 3.63) is 117 Å². The average Bonchev–Trinajstić information content (AvgIpc) is 2.96. The number of amides is 1. The Kier molecular flexibility index (Phi) is 8.77. The van der Waals surface area contributed by atoms with E-state index in [0.29, 0.717) is 27.7 Å². The molecule has 4 rings (SSSR count). The molecular formula is C29H27N3O6S. The monoisotopic (exact) mass is 545 g/mol. The second-order valence-corrected chi connectivity index (χ2v) is 9.49. The van der Waals surface area contributed by atoms with Gasteiger partial charge in [-0.15, -0.1) is 0 Å². The molecule has 1 atom stereocenters. The standard InChI is InChI=1S/C29H27N3O6S/c1-4-38-28(34)25-19(2)30-29(39-18-20-13-15-24(37-3)16-14-20)31(27(33)21-9-6-5-7-10-21)26(25)22-11-8-12-23(17-22)32(35)36/h5-17,26H,4,18H2,1-3H3. The van der Waals surface area contributed by atoms with Gasteiger partial charge in [-0.3, -0.25) is 19.8 Å². The highest BCUT2D eigenvalue weighted by molar-refractivity contribution is 8.13. The van der Waals surface area contributed by atoms with Crippen molar-refractivity contribution in [1.29, 1.82) is 0 Å². The molecule has 0 spiro atoms. The van der Waals surface area contributed by atoms with Crippen molar-refractivity contribution in [2.45, 2.75) is 25.6 Å². The minimum absolute atomic E-state index is 0.118. The fourth-order valence-electron chi connectivity index (χ4n) is 4.18. The van der Waals surface area contributed by atoms with Crippen LogP contribution in [0.5, 0.6) is 5.75 Å². The third kappa shape index (κ3) is 6.18. The van der Waals surface area contributed by atoms with Crippen molar-refractivity contribution >= 4 is 34.5 Å². The molecule has 1 aliphatic rings. The lowest BCUT2D eigenvalue weighted by Gasteiger charge is -2.36. The molecule has 0 saturated heterocycles. The van der Waals surface area contributed by atoms with Gasteiger partial charge in [-0.05, 0) is 49.2 Å². The first-order valence-electron chi connectivity index (χ1n) is 12.2. The molecule has 1 amide bonds. The molecule has 1 heterocycles. The molecule has 3 aromatic carbocycles. The van der Waals surface area contributed by atoms with Gasteiger partial charge in [-0.2, -0.15) is 0 Å². The van der Waals surface area contributed by atoms with Gasteiger partial charge >= 0.3 is 5.97 Å². The summed E-state index contributed by atoms with van der Waals surface area (Å²) in [6, 6.07) is 21.1. The number of nitro benzene ring substituents is 1. The van der Waals surface area contributed by atoms with E-state index in [-0.39, 0.29) is 17.9 Å². The minimum Gasteiger partial charge on any atom is -0.497 e. The Morgan fingerprint density at radius 3 is 2.41 bits per heavy atom. The number of non-ortho nitro benzene ring substituents is 1. The van der Waals surface area contributed by atoms with E-state index in [1.54, 1.807) is 57.4 Å². The van der Waals surface area contributed by atoms with Crippen LogP contribution >= 0.6 is 11.8 Å². The Morgan fingerprint density at radius 1 is 1.05 bits per heavy atom. The van der Waals surface area contributed by atoms with E-state index in [9.17, 15) is 19.7 Å². The second-order valence-electron chi connectivity index (χ2n) is 8.55. The van der Waals surface area contributed by atoms with E-state index in [0.717, 1.165) is 11.3 Å².